The summed E-state index contributed by atoms with van der Waals surface area (Å²) in [6, 6.07) is 0. The fraction of sp³-hybridized carbons (Fsp3) is 0.913. The van der Waals surface area contributed by atoms with Gasteiger partial charge in [-0.15, -0.1) is 4.65 Å². The van der Waals surface area contributed by atoms with Crippen molar-refractivity contribution in [2.45, 2.75) is 116 Å². The summed E-state index contributed by atoms with van der Waals surface area (Å²) >= 11 is 0. The van der Waals surface area contributed by atoms with Crippen LogP contribution in [-0.2, 0) is 4.79 Å². The third-order valence-corrected chi connectivity index (χ3v) is 5.90. The maximum Gasteiger partial charge on any atom is 0.362 e. The summed E-state index contributed by atoms with van der Waals surface area (Å²) in [6.07, 6.45) is 22.1. The van der Waals surface area contributed by atoms with Crippen LogP contribution in [0.25, 0.3) is 0 Å². The first-order chi connectivity index (χ1) is 13.6. The van der Waals surface area contributed by atoms with Crippen LogP contribution in [0.3, 0.4) is 0 Å². The average molecular weight is 398 g/mol. The predicted molar refractivity (Wildman–Crippen MR) is 116 cm³/mol. The van der Waals surface area contributed by atoms with Gasteiger partial charge in [0.15, 0.2) is 0 Å². The lowest BCUT2D eigenvalue weighted by Crippen LogP contribution is -2.50. The maximum atomic E-state index is 10.9. The lowest BCUT2D eigenvalue weighted by atomic mass is 10.0. The first-order valence-corrected chi connectivity index (χ1v) is 11.9. The summed E-state index contributed by atoms with van der Waals surface area (Å²) in [5.41, 5.74) is 0. The Kier molecular flexibility index (Phi) is 14.3. The summed E-state index contributed by atoms with van der Waals surface area (Å²) in [5.74, 6) is -0.308. The minimum absolute atomic E-state index is 0.266. The molecule has 5 heteroatoms. The number of hydroxylamine groups is 3. The fourth-order valence-electron chi connectivity index (χ4n) is 4.12. The first-order valence-electron chi connectivity index (χ1n) is 11.9. The van der Waals surface area contributed by atoms with Gasteiger partial charge in [0.05, 0.1) is 6.54 Å². The van der Waals surface area contributed by atoms with Gasteiger partial charge in [-0.1, -0.05) is 103 Å². The highest BCUT2D eigenvalue weighted by Crippen LogP contribution is 2.18. The number of aliphatic carboxylic acids is 1. The molecule has 0 aliphatic carbocycles. The van der Waals surface area contributed by atoms with Gasteiger partial charge in [-0.2, -0.15) is 0 Å². The standard InChI is InChI=1S/C23H44N2O3/c1-2-3-4-5-6-7-8-9-10-11-12-13-14-15-16-17-18-22-24-19-20-25(22,28)21-23(26)27/h28H,2-21H2,1H3/p+1. The lowest BCUT2D eigenvalue weighted by molar-refractivity contribution is -1.02. The second-order valence-corrected chi connectivity index (χ2v) is 8.55. The van der Waals surface area contributed by atoms with Gasteiger partial charge in [-0.25, -0.2) is 15.0 Å². The van der Waals surface area contributed by atoms with Crippen LogP contribution in [0, 0.1) is 0 Å². The molecule has 1 aliphatic rings. The average Bonchev–Trinajstić information content (AvgIpc) is 3.00. The number of amidine groups is 1. The van der Waals surface area contributed by atoms with Crippen molar-refractivity contribution >= 4 is 11.8 Å². The number of hydrogen-bond donors (Lipinski definition) is 2. The molecule has 0 saturated heterocycles. The molecule has 0 spiro atoms. The molecule has 5 nitrogen and oxygen atoms in total. The van der Waals surface area contributed by atoms with Gasteiger partial charge in [-0.05, 0) is 6.42 Å². The molecule has 28 heavy (non-hydrogen) atoms. The van der Waals surface area contributed by atoms with E-state index in [1.807, 2.05) is 0 Å². The first kappa shape index (κ1) is 25.1. The van der Waals surface area contributed by atoms with E-state index in [2.05, 4.69) is 11.9 Å². The molecule has 164 valence electrons. The van der Waals surface area contributed by atoms with Crippen LogP contribution in [-0.4, -0.2) is 46.4 Å². The maximum absolute atomic E-state index is 10.9. The third kappa shape index (κ3) is 11.8. The van der Waals surface area contributed by atoms with Crippen LogP contribution < -0.4 is 0 Å². The van der Waals surface area contributed by atoms with E-state index in [0.717, 1.165) is 19.3 Å². The lowest BCUT2D eigenvalue weighted by Gasteiger charge is -2.23. The molecular formula is C23H45N2O3+. The smallest absolute Gasteiger partial charge is 0.362 e. The van der Waals surface area contributed by atoms with Gasteiger partial charge in [-0.3, -0.25) is 0 Å². The fourth-order valence-corrected chi connectivity index (χ4v) is 4.12. The highest BCUT2D eigenvalue weighted by molar-refractivity contribution is 5.79. The predicted octanol–water partition coefficient (Wildman–Crippen LogP) is 6.34. The molecule has 0 radical (unpaired) electrons. The quantitative estimate of drug-likeness (QED) is 0.197. The van der Waals surface area contributed by atoms with E-state index in [1.54, 1.807) is 0 Å². The minimum Gasteiger partial charge on any atom is -0.477 e. The molecule has 1 heterocycles. The minimum atomic E-state index is -0.968. The molecule has 0 aromatic heterocycles. The largest absolute Gasteiger partial charge is 0.477 e. The van der Waals surface area contributed by atoms with Crippen LogP contribution in [0.4, 0.5) is 0 Å². The summed E-state index contributed by atoms with van der Waals surface area (Å²) in [7, 11) is 0. The van der Waals surface area contributed by atoms with E-state index in [0.29, 0.717) is 18.9 Å². The topological polar surface area (TPSA) is 69.9 Å². The summed E-state index contributed by atoms with van der Waals surface area (Å²) < 4.78 is -0.478. The Balaban J connectivity index is 1.85. The van der Waals surface area contributed by atoms with Crippen molar-refractivity contribution < 1.29 is 19.8 Å². The van der Waals surface area contributed by atoms with Gasteiger partial charge in [0.1, 0.15) is 6.54 Å². The third-order valence-electron chi connectivity index (χ3n) is 5.90. The molecule has 1 atom stereocenters. The highest BCUT2D eigenvalue weighted by Gasteiger charge is 2.39. The van der Waals surface area contributed by atoms with Crippen LogP contribution >= 0.6 is 0 Å². The molecule has 0 saturated carbocycles. The van der Waals surface area contributed by atoms with Gasteiger partial charge < -0.3 is 5.11 Å². The summed E-state index contributed by atoms with van der Waals surface area (Å²) in [5, 5.41) is 19.3. The second-order valence-electron chi connectivity index (χ2n) is 8.55. The van der Waals surface area contributed by atoms with Crippen molar-refractivity contribution in [3.63, 3.8) is 0 Å². The Labute approximate surface area is 172 Å². The molecule has 0 amide bonds. The monoisotopic (exact) mass is 397 g/mol. The van der Waals surface area contributed by atoms with Crippen LogP contribution in [0.15, 0.2) is 4.99 Å². The zero-order valence-electron chi connectivity index (χ0n) is 18.3. The van der Waals surface area contributed by atoms with Crippen molar-refractivity contribution in [1.29, 1.82) is 0 Å². The van der Waals surface area contributed by atoms with Crippen molar-refractivity contribution in [3.05, 3.63) is 0 Å². The van der Waals surface area contributed by atoms with Crippen LogP contribution in [0.2, 0.25) is 0 Å². The number of unbranched alkanes of at least 4 members (excludes halogenated alkanes) is 15. The number of aliphatic imine (C=N–C) groups is 1. The van der Waals surface area contributed by atoms with Crippen molar-refractivity contribution in [1.82, 2.24) is 0 Å². The van der Waals surface area contributed by atoms with Crippen molar-refractivity contribution in [2.24, 2.45) is 4.99 Å². The molecule has 1 aliphatic heterocycles. The molecule has 0 aromatic rings. The summed E-state index contributed by atoms with van der Waals surface area (Å²) in [4.78, 5) is 15.2. The van der Waals surface area contributed by atoms with Gasteiger partial charge in [0.2, 0.25) is 12.4 Å². The van der Waals surface area contributed by atoms with Gasteiger partial charge in [0.25, 0.3) is 0 Å². The number of carboxylic acid groups (broad SMARTS) is 1. The zero-order valence-corrected chi connectivity index (χ0v) is 18.3. The van der Waals surface area contributed by atoms with E-state index in [9.17, 15) is 10.0 Å². The SMILES string of the molecule is CCCCCCCCCCCCCCCCCCC1=NCC[N+]1(O)CC(=O)O. The number of rotatable bonds is 19. The molecule has 2 N–H and O–H groups in total. The Morgan fingerprint density at radius 3 is 1.68 bits per heavy atom. The van der Waals surface area contributed by atoms with E-state index in [1.165, 1.54) is 89.9 Å². The summed E-state index contributed by atoms with van der Waals surface area (Å²) in [6.45, 7) is 2.95. The molecule has 1 rings (SSSR count). The van der Waals surface area contributed by atoms with E-state index in [-0.39, 0.29) is 6.54 Å². The normalized spacial score (nSPS) is 19.1. The molecule has 1 unspecified atom stereocenters. The Bertz CT molecular complexity index is 440. The van der Waals surface area contributed by atoms with Crippen LogP contribution in [0.5, 0.6) is 0 Å². The number of quaternary nitrogens is 1. The van der Waals surface area contributed by atoms with Crippen molar-refractivity contribution in [2.75, 3.05) is 19.6 Å². The second kappa shape index (κ2) is 15.9. The Morgan fingerprint density at radius 2 is 1.25 bits per heavy atom. The number of nitrogens with zero attached hydrogens (tertiary/aromatic N) is 2. The molecular weight excluding hydrogens is 352 g/mol. The van der Waals surface area contributed by atoms with E-state index >= 15 is 0 Å². The molecule has 0 bridgehead atoms. The Hall–Kier alpha value is -0.940. The zero-order chi connectivity index (χ0) is 20.5. The van der Waals surface area contributed by atoms with Crippen LogP contribution in [0.1, 0.15) is 116 Å². The number of carbonyl (C=O) groups is 1. The molecule has 0 fully saturated rings. The highest BCUT2D eigenvalue weighted by atomic mass is 16.6. The van der Waals surface area contributed by atoms with Gasteiger partial charge >= 0.3 is 5.97 Å². The molecule has 0 aromatic carbocycles. The van der Waals surface area contributed by atoms with E-state index < -0.39 is 10.6 Å². The number of carboxylic acids is 1. The van der Waals surface area contributed by atoms with E-state index in [4.69, 9.17) is 5.11 Å². The van der Waals surface area contributed by atoms with Gasteiger partial charge in [0, 0.05) is 6.42 Å². The number of hydrogen-bond acceptors (Lipinski definition) is 3. The Morgan fingerprint density at radius 1 is 0.821 bits per heavy atom. The van der Waals surface area contributed by atoms with Crippen molar-refractivity contribution in [3.8, 4) is 0 Å².